The van der Waals surface area contributed by atoms with E-state index in [2.05, 4.69) is 27.8 Å². The van der Waals surface area contributed by atoms with Gasteiger partial charge < -0.3 is 9.64 Å². The van der Waals surface area contributed by atoms with Crippen LogP contribution in [0.25, 0.3) is 0 Å². The van der Waals surface area contributed by atoms with Crippen molar-refractivity contribution < 1.29 is 9.66 Å². The van der Waals surface area contributed by atoms with Crippen LogP contribution in [0.2, 0.25) is 0 Å². The smallest absolute Gasteiger partial charge is 0.333 e. The van der Waals surface area contributed by atoms with Gasteiger partial charge in [0.2, 0.25) is 0 Å². The number of aromatic nitrogens is 1. The van der Waals surface area contributed by atoms with E-state index in [1.54, 1.807) is 24.4 Å². The largest absolute Gasteiger partial charge is 0.490 e. The number of anilines is 1. The zero-order valence-corrected chi connectivity index (χ0v) is 14.5. The van der Waals surface area contributed by atoms with Crippen LogP contribution < -0.4 is 9.64 Å². The molecular weight excluding hydrogens is 320 g/mol. The molecule has 0 amide bonds. The average Bonchev–Trinajstić information content (AvgIpc) is 2.67. The van der Waals surface area contributed by atoms with Gasteiger partial charge in [-0.05, 0) is 30.7 Å². The number of ether oxygens (including phenoxy) is 1. The van der Waals surface area contributed by atoms with Crippen molar-refractivity contribution in [3.63, 3.8) is 0 Å². The monoisotopic (exact) mass is 342 g/mol. The lowest BCUT2D eigenvalue weighted by atomic mass is 10.1. The second-order valence-electron chi connectivity index (χ2n) is 6.07. The molecule has 2 heterocycles. The first-order chi connectivity index (χ1) is 12.1. The van der Waals surface area contributed by atoms with E-state index in [9.17, 15) is 10.1 Å². The maximum absolute atomic E-state index is 11.5. The van der Waals surface area contributed by atoms with Crippen LogP contribution >= 0.6 is 0 Å². The lowest BCUT2D eigenvalue weighted by Gasteiger charge is -2.39. The first kappa shape index (κ1) is 17.2. The van der Waals surface area contributed by atoms with Gasteiger partial charge in [0.05, 0.1) is 12.0 Å². The molecule has 1 aromatic carbocycles. The number of hydrogen-bond acceptors (Lipinski definition) is 6. The van der Waals surface area contributed by atoms with Crippen molar-refractivity contribution in [3.8, 4) is 5.75 Å². The highest BCUT2D eigenvalue weighted by Crippen LogP contribution is 2.37. The van der Waals surface area contributed by atoms with Crippen LogP contribution in [0.4, 0.5) is 11.4 Å². The molecule has 132 valence electrons. The number of rotatable bonds is 5. The first-order valence-corrected chi connectivity index (χ1v) is 8.32. The van der Waals surface area contributed by atoms with Crippen molar-refractivity contribution in [1.29, 1.82) is 0 Å². The van der Waals surface area contributed by atoms with E-state index >= 15 is 0 Å². The normalized spacial score (nSPS) is 16.5. The Balaban J connectivity index is 1.74. The summed E-state index contributed by atoms with van der Waals surface area (Å²) in [6, 6.07) is 9.52. The van der Waals surface area contributed by atoms with Gasteiger partial charge in [-0.15, -0.1) is 0 Å². The quantitative estimate of drug-likeness (QED) is 0.614. The van der Waals surface area contributed by atoms with E-state index in [1.807, 2.05) is 12.3 Å². The van der Waals surface area contributed by atoms with Crippen LogP contribution in [0.3, 0.4) is 0 Å². The van der Waals surface area contributed by atoms with Crippen LogP contribution in [0, 0.1) is 10.1 Å². The van der Waals surface area contributed by atoms with Crippen LogP contribution in [-0.2, 0) is 0 Å². The highest BCUT2D eigenvalue weighted by molar-refractivity contribution is 5.70. The highest BCUT2D eigenvalue weighted by Gasteiger charge is 2.28. The fraction of sp³-hybridized carbons (Fsp3) is 0.389. The Morgan fingerprint density at radius 2 is 1.96 bits per heavy atom. The van der Waals surface area contributed by atoms with Crippen LogP contribution in [0.15, 0.2) is 42.7 Å². The summed E-state index contributed by atoms with van der Waals surface area (Å²) in [4.78, 5) is 19.7. The molecule has 2 aromatic rings. The number of hydrogen-bond donors (Lipinski definition) is 0. The van der Waals surface area contributed by atoms with Crippen molar-refractivity contribution in [2.24, 2.45) is 0 Å². The molecule has 0 N–H and O–H groups in total. The Kier molecular flexibility index (Phi) is 5.14. The number of nitrogens with zero attached hydrogens (tertiary/aromatic N) is 4. The van der Waals surface area contributed by atoms with Gasteiger partial charge in [0.25, 0.3) is 0 Å². The average molecular weight is 342 g/mol. The molecule has 0 spiro atoms. The van der Waals surface area contributed by atoms with Crippen molar-refractivity contribution >= 4 is 11.4 Å². The maximum atomic E-state index is 11.5. The Hall–Kier alpha value is -2.67. The highest BCUT2D eigenvalue weighted by atomic mass is 16.6. The van der Waals surface area contributed by atoms with Crippen molar-refractivity contribution in [2.45, 2.75) is 13.0 Å². The van der Waals surface area contributed by atoms with Gasteiger partial charge in [-0.3, -0.25) is 20.0 Å². The second kappa shape index (κ2) is 7.48. The minimum Gasteiger partial charge on any atom is -0.490 e. The van der Waals surface area contributed by atoms with Crippen molar-refractivity contribution in [1.82, 2.24) is 9.88 Å². The number of piperazine rings is 1. The van der Waals surface area contributed by atoms with Gasteiger partial charge in [-0.2, -0.15) is 0 Å². The van der Waals surface area contributed by atoms with E-state index < -0.39 is 0 Å². The van der Waals surface area contributed by atoms with Crippen molar-refractivity contribution in [3.05, 3.63) is 58.4 Å². The molecular formula is C18H22N4O3. The third-order valence-electron chi connectivity index (χ3n) is 4.75. The molecule has 0 bridgehead atoms. The molecule has 7 heteroatoms. The fourth-order valence-electron chi connectivity index (χ4n) is 3.30. The Morgan fingerprint density at radius 1 is 1.20 bits per heavy atom. The molecule has 25 heavy (non-hydrogen) atoms. The second-order valence-corrected chi connectivity index (χ2v) is 6.07. The lowest BCUT2D eigenvalue weighted by molar-refractivity contribution is -0.385. The molecule has 1 atom stereocenters. The number of para-hydroxylation sites is 1. The summed E-state index contributed by atoms with van der Waals surface area (Å²) >= 11 is 0. The minimum atomic E-state index is -0.362. The number of nitro benzene ring substituents is 1. The molecule has 0 saturated carbocycles. The summed E-state index contributed by atoms with van der Waals surface area (Å²) in [7, 11) is 1.46. The fourth-order valence-corrected chi connectivity index (χ4v) is 3.30. The summed E-state index contributed by atoms with van der Waals surface area (Å²) < 4.78 is 5.17. The molecule has 0 aliphatic carbocycles. The SMILES string of the molecule is COc1cccc(N2CCN([C@H](C)c3cccnc3)CC2)c1[N+](=O)[O-]. The molecule has 1 aliphatic heterocycles. The number of methoxy groups -OCH3 is 1. The van der Waals surface area contributed by atoms with Gasteiger partial charge in [-0.1, -0.05) is 12.1 Å². The van der Waals surface area contributed by atoms with E-state index in [0.717, 1.165) is 26.2 Å². The van der Waals surface area contributed by atoms with Gasteiger partial charge in [-0.25, -0.2) is 0 Å². The zero-order chi connectivity index (χ0) is 17.8. The zero-order valence-electron chi connectivity index (χ0n) is 14.5. The molecule has 0 radical (unpaired) electrons. The van der Waals surface area contributed by atoms with Crippen LogP contribution in [0.5, 0.6) is 5.75 Å². The Bertz CT molecular complexity index is 730. The molecule has 0 unspecified atom stereocenters. The first-order valence-electron chi connectivity index (χ1n) is 8.32. The molecule has 3 rings (SSSR count). The number of nitro groups is 1. The molecule has 1 aromatic heterocycles. The van der Waals surface area contributed by atoms with Crippen LogP contribution in [0.1, 0.15) is 18.5 Å². The maximum Gasteiger partial charge on any atom is 0.333 e. The Labute approximate surface area is 147 Å². The van der Waals surface area contributed by atoms with Crippen LogP contribution in [-0.4, -0.2) is 48.1 Å². The summed E-state index contributed by atoms with van der Waals surface area (Å²) in [6.07, 6.45) is 3.67. The lowest BCUT2D eigenvalue weighted by Crippen LogP contribution is -2.47. The van der Waals surface area contributed by atoms with E-state index in [1.165, 1.54) is 12.7 Å². The number of benzene rings is 1. The number of pyridine rings is 1. The summed E-state index contributed by atoms with van der Waals surface area (Å²) in [5.41, 5.74) is 1.85. The molecule has 1 aliphatic rings. The third-order valence-corrected chi connectivity index (χ3v) is 4.75. The van der Waals surface area contributed by atoms with Gasteiger partial charge in [0, 0.05) is 44.6 Å². The van der Waals surface area contributed by atoms with E-state index in [-0.39, 0.29) is 16.7 Å². The summed E-state index contributed by atoms with van der Waals surface area (Å²) in [5.74, 6) is 0.300. The summed E-state index contributed by atoms with van der Waals surface area (Å²) in [5, 5.41) is 11.5. The molecule has 1 fully saturated rings. The topological polar surface area (TPSA) is 71.7 Å². The Morgan fingerprint density at radius 3 is 2.56 bits per heavy atom. The van der Waals surface area contributed by atoms with Gasteiger partial charge >= 0.3 is 5.69 Å². The molecule has 7 nitrogen and oxygen atoms in total. The third kappa shape index (κ3) is 3.56. The van der Waals surface area contributed by atoms with Gasteiger partial charge in [0.15, 0.2) is 5.75 Å². The standard InChI is InChI=1S/C18H22N4O3/c1-14(15-5-4-8-19-13-15)20-9-11-21(12-10-20)16-6-3-7-17(25-2)18(16)22(23)24/h3-8,13-14H,9-12H2,1-2H3/t14-/m1/s1. The van der Waals surface area contributed by atoms with Crippen molar-refractivity contribution in [2.75, 3.05) is 38.2 Å². The minimum absolute atomic E-state index is 0.0405. The predicted octanol–water partition coefficient (Wildman–Crippen LogP) is 2.88. The molecule has 1 saturated heterocycles. The summed E-state index contributed by atoms with van der Waals surface area (Å²) in [6.45, 7) is 5.31. The predicted molar refractivity (Wildman–Crippen MR) is 96.1 cm³/mol. The van der Waals surface area contributed by atoms with E-state index in [0.29, 0.717) is 11.4 Å². The van der Waals surface area contributed by atoms with Gasteiger partial charge in [0.1, 0.15) is 5.69 Å². The van der Waals surface area contributed by atoms with E-state index in [4.69, 9.17) is 4.74 Å².